The smallest absolute Gasteiger partial charge is 0.332 e. The van der Waals surface area contributed by atoms with Gasteiger partial charge in [0.15, 0.2) is 0 Å². The molecule has 0 aliphatic carbocycles. The number of nitrogens with one attached hydrogen (secondary N) is 1. The molecule has 0 aromatic carbocycles. The van der Waals surface area contributed by atoms with Crippen LogP contribution in [-0.2, 0) is 31.9 Å². The van der Waals surface area contributed by atoms with Crippen molar-refractivity contribution in [1.29, 1.82) is 0 Å². The highest BCUT2D eigenvalue weighted by Crippen LogP contribution is 2.17. The van der Waals surface area contributed by atoms with Crippen LogP contribution >= 0.6 is 0 Å². The van der Waals surface area contributed by atoms with Crippen LogP contribution in [0.3, 0.4) is 0 Å². The fourth-order valence-corrected chi connectivity index (χ4v) is 3.48. The van der Waals surface area contributed by atoms with Crippen LogP contribution in [0.1, 0.15) is 18.5 Å². The van der Waals surface area contributed by atoms with E-state index in [1.807, 2.05) is 16.9 Å². The Balaban J connectivity index is 1.59. The summed E-state index contributed by atoms with van der Waals surface area (Å²) in [7, 11) is 4.91. The van der Waals surface area contributed by atoms with Crippen molar-refractivity contribution in [2.24, 2.45) is 14.1 Å². The Bertz CT molecular complexity index is 884. The summed E-state index contributed by atoms with van der Waals surface area (Å²) in [6, 6.07) is 3.86. The average Bonchev–Trinajstić information content (AvgIpc) is 3.31. The molecule has 1 atom stereocenters. The lowest BCUT2D eigenvalue weighted by Gasteiger charge is -2.21. The van der Waals surface area contributed by atoms with E-state index in [1.165, 1.54) is 17.7 Å². The first kappa shape index (κ1) is 19.4. The van der Waals surface area contributed by atoms with Gasteiger partial charge in [-0.2, -0.15) is 5.10 Å². The predicted octanol–water partition coefficient (Wildman–Crippen LogP) is -0.314. The van der Waals surface area contributed by atoms with Crippen LogP contribution < -0.4 is 21.5 Å². The van der Waals surface area contributed by atoms with Crippen molar-refractivity contribution in [2.75, 3.05) is 31.7 Å². The third-order valence-electron chi connectivity index (χ3n) is 5.11. The highest BCUT2D eigenvalue weighted by molar-refractivity contribution is 5.40. The van der Waals surface area contributed by atoms with Gasteiger partial charge in [0.1, 0.15) is 5.82 Å². The summed E-state index contributed by atoms with van der Waals surface area (Å²) < 4.78 is 9.76. The van der Waals surface area contributed by atoms with Gasteiger partial charge in [0, 0.05) is 72.3 Å². The number of aryl methyl sites for hydroxylation is 1. The summed E-state index contributed by atoms with van der Waals surface area (Å²) in [5.74, 6) is 0.678. The molecule has 27 heavy (non-hydrogen) atoms. The second-order valence-corrected chi connectivity index (χ2v) is 6.95. The highest BCUT2D eigenvalue weighted by atomic mass is 16.5. The van der Waals surface area contributed by atoms with Gasteiger partial charge in [-0.3, -0.25) is 18.6 Å². The topological polar surface area (TPSA) is 86.3 Å². The molecule has 1 aliphatic heterocycles. The molecule has 0 amide bonds. The van der Waals surface area contributed by atoms with E-state index < -0.39 is 0 Å². The Labute approximate surface area is 158 Å². The number of hydrogen-bond donors (Lipinski definition) is 1. The fraction of sp³-hybridized carbons (Fsp3) is 0.611. The van der Waals surface area contributed by atoms with Crippen LogP contribution in [0, 0.1) is 0 Å². The van der Waals surface area contributed by atoms with Gasteiger partial charge in [-0.05, 0) is 18.9 Å². The highest BCUT2D eigenvalue weighted by Gasteiger charge is 2.25. The number of anilines is 1. The summed E-state index contributed by atoms with van der Waals surface area (Å²) in [6.07, 6.45) is 3.71. The molecule has 3 heterocycles. The van der Waals surface area contributed by atoms with E-state index in [-0.39, 0.29) is 11.2 Å². The van der Waals surface area contributed by atoms with Gasteiger partial charge in [0.05, 0.1) is 5.69 Å². The average molecular weight is 376 g/mol. The standard InChI is InChI=1S/C18H28N6O3/c1-21-16(11-17(25)22(2)18(21)26)23-9-6-14(13-23)19-12-15-5-7-20-24(15)8-4-10-27-3/h5,7,11,14,19H,4,6,8-10,12-13H2,1-3H3/t14-/m0/s1. The number of nitrogens with zero attached hydrogens (tertiary/aromatic N) is 5. The second kappa shape index (κ2) is 8.53. The maximum absolute atomic E-state index is 12.1. The van der Waals surface area contributed by atoms with Gasteiger partial charge in [-0.1, -0.05) is 0 Å². The lowest BCUT2D eigenvalue weighted by Crippen LogP contribution is -2.40. The van der Waals surface area contributed by atoms with Crippen molar-refractivity contribution in [3.63, 3.8) is 0 Å². The molecule has 0 spiro atoms. The van der Waals surface area contributed by atoms with Crippen LogP contribution in [-0.4, -0.2) is 51.8 Å². The Morgan fingerprint density at radius 1 is 1.30 bits per heavy atom. The number of hydrogen-bond acceptors (Lipinski definition) is 6. The number of methoxy groups -OCH3 is 1. The van der Waals surface area contributed by atoms with Gasteiger partial charge in [0.2, 0.25) is 0 Å². The van der Waals surface area contributed by atoms with Crippen LogP contribution in [0.25, 0.3) is 0 Å². The Hall–Kier alpha value is -2.39. The number of ether oxygens (including phenoxy) is 1. The molecule has 1 fully saturated rings. The Morgan fingerprint density at radius 2 is 2.11 bits per heavy atom. The second-order valence-electron chi connectivity index (χ2n) is 6.95. The van der Waals surface area contributed by atoms with E-state index in [1.54, 1.807) is 14.2 Å². The molecule has 2 aromatic rings. The third-order valence-corrected chi connectivity index (χ3v) is 5.11. The van der Waals surface area contributed by atoms with E-state index in [0.717, 1.165) is 55.9 Å². The lowest BCUT2D eigenvalue weighted by atomic mass is 10.2. The minimum atomic E-state index is -0.297. The van der Waals surface area contributed by atoms with Crippen LogP contribution in [0.2, 0.25) is 0 Å². The first-order valence-corrected chi connectivity index (χ1v) is 9.26. The first-order chi connectivity index (χ1) is 13.0. The van der Waals surface area contributed by atoms with Gasteiger partial charge in [-0.25, -0.2) is 4.79 Å². The van der Waals surface area contributed by atoms with Gasteiger partial charge < -0.3 is 15.0 Å². The summed E-state index contributed by atoms with van der Waals surface area (Å²) in [5.41, 5.74) is 0.573. The zero-order valence-electron chi connectivity index (χ0n) is 16.2. The van der Waals surface area contributed by atoms with Crippen molar-refractivity contribution in [1.82, 2.24) is 24.2 Å². The molecule has 1 aliphatic rings. The monoisotopic (exact) mass is 376 g/mol. The van der Waals surface area contributed by atoms with Crippen LogP contribution in [0.5, 0.6) is 0 Å². The van der Waals surface area contributed by atoms with Gasteiger partial charge >= 0.3 is 5.69 Å². The van der Waals surface area contributed by atoms with E-state index in [4.69, 9.17) is 4.74 Å². The Morgan fingerprint density at radius 3 is 2.89 bits per heavy atom. The Kier molecular flexibility index (Phi) is 6.12. The molecule has 1 N–H and O–H groups in total. The first-order valence-electron chi connectivity index (χ1n) is 9.26. The van der Waals surface area contributed by atoms with Gasteiger partial charge in [-0.15, -0.1) is 0 Å². The predicted molar refractivity (Wildman–Crippen MR) is 103 cm³/mol. The van der Waals surface area contributed by atoms with Crippen LogP contribution in [0.4, 0.5) is 5.82 Å². The molecule has 0 unspecified atom stereocenters. The van der Waals surface area contributed by atoms with Crippen molar-refractivity contribution < 1.29 is 4.74 Å². The molecule has 0 radical (unpaired) electrons. The molecule has 9 heteroatoms. The minimum Gasteiger partial charge on any atom is -0.385 e. The minimum absolute atomic E-state index is 0.274. The molecule has 9 nitrogen and oxygen atoms in total. The summed E-state index contributed by atoms with van der Waals surface area (Å²) in [5, 5.41) is 7.94. The molecule has 0 bridgehead atoms. The lowest BCUT2D eigenvalue weighted by molar-refractivity contribution is 0.188. The quantitative estimate of drug-likeness (QED) is 0.636. The third kappa shape index (κ3) is 4.30. The van der Waals surface area contributed by atoms with Crippen molar-refractivity contribution in [3.05, 3.63) is 44.9 Å². The SMILES string of the molecule is COCCCn1nccc1CN[C@H]1CCN(c2cc(=O)n(C)c(=O)n2C)C1. The van der Waals surface area contributed by atoms with Crippen molar-refractivity contribution >= 4 is 5.82 Å². The molecular weight excluding hydrogens is 348 g/mol. The fourth-order valence-electron chi connectivity index (χ4n) is 3.48. The van der Waals surface area contributed by atoms with Crippen molar-refractivity contribution in [3.8, 4) is 0 Å². The van der Waals surface area contributed by atoms with E-state index in [2.05, 4.69) is 15.3 Å². The molecule has 3 rings (SSSR count). The molecular formula is C18H28N6O3. The maximum atomic E-state index is 12.1. The summed E-state index contributed by atoms with van der Waals surface area (Å²) >= 11 is 0. The molecule has 0 saturated carbocycles. The largest absolute Gasteiger partial charge is 0.385 e. The number of aromatic nitrogens is 4. The van der Waals surface area contributed by atoms with E-state index in [0.29, 0.717) is 11.9 Å². The van der Waals surface area contributed by atoms with E-state index in [9.17, 15) is 9.59 Å². The number of rotatable bonds is 8. The molecule has 148 valence electrons. The van der Waals surface area contributed by atoms with Crippen LogP contribution in [0.15, 0.2) is 27.9 Å². The summed E-state index contributed by atoms with van der Waals surface area (Å²) in [6.45, 7) is 3.87. The normalized spacial score (nSPS) is 17.0. The molecule has 2 aromatic heterocycles. The van der Waals surface area contributed by atoms with E-state index >= 15 is 0 Å². The maximum Gasteiger partial charge on any atom is 0.332 e. The zero-order chi connectivity index (χ0) is 19.4. The zero-order valence-corrected chi connectivity index (χ0v) is 16.2. The van der Waals surface area contributed by atoms with Gasteiger partial charge in [0.25, 0.3) is 5.56 Å². The molecule has 1 saturated heterocycles. The summed E-state index contributed by atoms with van der Waals surface area (Å²) in [4.78, 5) is 26.2. The van der Waals surface area contributed by atoms with Crippen molar-refractivity contribution in [2.45, 2.75) is 32.0 Å².